The van der Waals surface area contributed by atoms with Crippen LogP contribution in [0.3, 0.4) is 0 Å². The molecule has 0 aliphatic carbocycles. The fourth-order valence-electron chi connectivity index (χ4n) is 4.08. The molecule has 0 radical (unpaired) electrons. The lowest BCUT2D eigenvalue weighted by atomic mass is 10.1. The number of pyridine rings is 1. The maximum Gasteiger partial charge on any atom is 0.253 e. The Hall–Kier alpha value is -3.37. The third-order valence-corrected chi connectivity index (χ3v) is 5.86. The summed E-state index contributed by atoms with van der Waals surface area (Å²) in [5, 5.41) is 7.42. The van der Waals surface area contributed by atoms with Crippen LogP contribution in [0.2, 0.25) is 0 Å². The Morgan fingerprint density at radius 2 is 1.94 bits per heavy atom. The minimum Gasteiger partial charge on any atom is -0.369 e. The zero-order valence-corrected chi connectivity index (χ0v) is 18.6. The number of unbranched alkanes of at least 4 members (excludes halogenated alkanes) is 2. The Bertz CT molecular complexity index is 1140. The minimum atomic E-state index is -0.321. The van der Waals surface area contributed by atoms with Gasteiger partial charge < -0.3 is 15.5 Å². The highest BCUT2D eigenvalue weighted by Crippen LogP contribution is 2.23. The molecule has 0 bridgehead atoms. The molecule has 166 valence electrons. The predicted octanol–water partition coefficient (Wildman–Crippen LogP) is 3.70. The van der Waals surface area contributed by atoms with Gasteiger partial charge in [-0.25, -0.2) is 4.98 Å². The fraction of sp³-hybridized carbons (Fsp3) is 0.400. The summed E-state index contributed by atoms with van der Waals surface area (Å²) < 4.78 is 1.63. The zero-order valence-electron chi connectivity index (χ0n) is 18.6. The number of hydrogen-bond donors (Lipinski definition) is 2. The van der Waals surface area contributed by atoms with Crippen molar-refractivity contribution >= 4 is 28.4 Å². The predicted molar refractivity (Wildman–Crippen MR) is 131 cm³/mol. The van der Waals surface area contributed by atoms with Crippen molar-refractivity contribution in [1.29, 1.82) is 0 Å². The number of fused-ring (bicyclic) bond motifs is 1. The van der Waals surface area contributed by atoms with Crippen LogP contribution in [0.25, 0.3) is 11.0 Å². The smallest absolute Gasteiger partial charge is 0.253 e. The zero-order chi connectivity index (χ0) is 22.3. The van der Waals surface area contributed by atoms with Crippen molar-refractivity contribution in [3.05, 3.63) is 52.9 Å². The molecular weight excluding hydrogens is 400 g/mol. The summed E-state index contributed by atoms with van der Waals surface area (Å²) in [4.78, 5) is 24.2. The number of nitrogens with one attached hydrogen (secondary N) is 2. The molecule has 0 saturated carbocycles. The van der Waals surface area contributed by atoms with E-state index < -0.39 is 0 Å². The van der Waals surface area contributed by atoms with Gasteiger partial charge in [0.15, 0.2) is 0 Å². The largest absolute Gasteiger partial charge is 0.369 e. The van der Waals surface area contributed by atoms with Crippen molar-refractivity contribution in [3.8, 4) is 12.3 Å². The highest BCUT2D eigenvalue weighted by atomic mass is 16.1. The molecular formula is C25H30N6O. The standard InChI is InChI=1S/C25H30N6O/c1-3-5-6-7-21(4-2)31-23(32)13-8-19-18-27-25(29-24(19)31)28-20-9-11-22(12-10-20)30-16-14-26-15-17-30/h2,8-13,18,21,26H,3,5-7,14-17H2,1H3,(H,27,28,29). The van der Waals surface area contributed by atoms with Gasteiger partial charge in [-0.05, 0) is 36.8 Å². The normalized spacial score (nSPS) is 14.8. The van der Waals surface area contributed by atoms with Gasteiger partial charge in [-0.3, -0.25) is 9.36 Å². The van der Waals surface area contributed by atoms with Crippen molar-refractivity contribution in [3.63, 3.8) is 0 Å². The lowest BCUT2D eigenvalue weighted by molar-refractivity contribution is 0.530. The van der Waals surface area contributed by atoms with Gasteiger partial charge >= 0.3 is 0 Å². The number of anilines is 3. The Morgan fingerprint density at radius 3 is 2.66 bits per heavy atom. The van der Waals surface area contributed by atoms with Crippen molar-refractivity contribution in [2.75, 3.05) is 36.4 Å². The van der Waals surface area contributed by atoms with Crippen LogP contribution in [-0.4, -0.2) is 40.7 Å². The van der Waals surface area contributed by atoms with E-state index >= 15 is 0 Å². The van der Waals surface area contributed by atoms with E-state index in [9.17, 15) is 4.79 Å². The van der Waals surface area contributed by atoms with E-state index in [1.807, 2.05) is 12.1 Å². The molecule has 1 saturated heterocycles. The second kappa shape index (κ2) is 10.3. The number of nitrogens with zero attached hydrogens (tertiary/aromatic N) is 4. The van der Waals surface area contributed by atoms with Gasteiger partial charge in [0.05, 0.1) is 6.04 Å². The maximum absolute atomic E-state index is 12.7. The van der Waals surface area contributed by atoms with E-state index in [1.165, 1.54) is 11.8 Å². The number of hydrogen-bond acceptors (Lipinski definition) is 6. The molecule has 1 aliphatic rings. The van der Waals surface area contributed by atoms with Crippen molar-refractivity contribution < 1.29 is 0 Å². The molecule has 2 N–H and O–H groups in total. The van der Waals surface area contributed by atoms with Gasteiger partial charge in [0.25, 0.3) is 5.56 Å². The third kappa shape index (κ3) is 4.92. The molecule has 1 aromatic carbocycles. The van der Waals surface area contributed by atoms with Gasteiger partial charge in [0.2, 0.25) is 5.95 Å². The molecule has 7 nitrogen and oxygen atoms in total. The SMILES string of the molecule is C#CC(CCCCC)n1c(=O)ccc2cnc(Nc3ccc(N4CCNCC4)cc3)nc21. The third-order valence-electron chi connectivity index (χ3n) is 5.86. The molecule has 1 fully saturated rings. The minimum absolute atomic E-state index is 0.137. The lowest BCUT2D eigenvalue weighted by Crippen LogP contribution is -2.43. The van der Waals surface area contributed by atoms with Crippen LogP contribution >= 0.6 is 0 Å². The van der Waals surface area contributed by atoms with Crippen molar-refractivity contribution in [2.45, 2.75) is 38.6 Å². The van der Waals surface area contributed by atoms with Gasteiger partial charge in [-0.15, -0.1) is 6.42 Å². The Morgan fingerprint density at radius 1 is 1.16 bits per heavy atom. The van der Waals surface area contributed by atoms with Crippen LogP contribution in [0.5, 0.6) is 0 Å². The fourth-order valence-corrected chi connectivity index (χ4v) is 4.08. The van der Waals surface area contributed by atoms with Gasteiger partial charge in [0, 0.05) is 55.2 Å². The highest BCUT2D eigenvalue weighted by molar-refractivity contribution is 5.76. The summed E-state index contributed by atoms with van der Waals surface area (Å²) in [5.41, 5.74) is 2.52. The van der Waals surface area contributed by atoms with Crippen LogP contribution in [0, 0.1) is 12.3 Å². The molecule has 0 amide bonds. The maximum atomic E-state index is 12.7. The van der Waals surface area contributed by atoms with E-state index in [1.54, 1.807) is 16.8 Å². The second-order valence-corrected chi connectivity index (χ2v) is 8.10. The van der Waals surface area contributed by atoms with E-state index in [4.69, 9.17) is 6.42 Å². The Labute approximate surface area is 188 Å². The lowest BCUT2D eigenvalue weighted by Gasteiger charge is -2.29. The van der Waals surface area contributed by atoms with E-state index in [-0.39, 0.29) is 11.6 Å². The number of terminal acetylenes is 1. The molecule has 3 heterocycles. The highest BCUT2D eigenvalue weighted by Gasteiger charge is 2.15. The van der Waals surface area contributed by atoms with Crippen molar-refractivity contribution in [2.24, 2.45) is 0 Å². The van der Waals surface area contributed by atoms with Crippen LogP contribution in [-0.2, 0) is 0 Å². The Balaban J connectivity index is 1.58. The summed E-state index contributed by atoms with van der Waals surface area (Å²) in [6.45, 7) is 6.17. The second-order valence-electron chi connectivity index (χ2n) is 8.10. The van der Waals surface area contributed by atoms with Crippen molar-refractivity contribution in [1.82, 2.24) is 19.9 Å². The number of benzene rings is 1. The van der Waals surface area contributed by atoms with Gasteiger partial charge in [0.1, 0.15) is 5.65 Å². The topological polar surface area (TPSA) is 75.1 Å². The summed E-state index contributed by atoms with van der Waals surface area (Å²) in [7, 11) is 0. The van der Waals surface area contributed by atoms with Gasteiger partial charge in [-0.1, -0.05) is 32.1 Å². The average molecular weight is 431 g/mol. The van der Waals surface area contributed by atoms with Gasteiger partial charge in [-0.2, -0.15) is 4.98 Å². The van der Waals surface area contributed by atoms with Crippen LogP contribution in [0.1, 0.15) is 38.6 Å². The van der Waals surface area contributed by atoms with Crippen LogP contribution in [0.4, 0.5) is 17.3 Å². The molecule has 3 aromatic rings. The van der Waals surface area contributed by atoms with Crippen LogP contribution < -0.4 is 21.1 Å². The number of aromatic nitrogens is 3. The number of rotatable bonds is 8. The van der Waals surface area contributed by atoms with Crippen LogP contribution in [0.15, 0.2) is 47.4 Å². The molecule has 1 atom stereocenters. The van der Waals surface area contributed by atoms with E-state index in [0.29, 0.717) is 11.6 Å². The summed E-state index contributed by atoms with van der Waals surface area (Å²) >= 11 is 0. The molecule has 7 heteroatoms. The van der Waals surface area contributed by atoms with E-state index in [2.05, 4.69) is 50.5 Å². The van der Waals surface area contributed by atoms with E-state index in [0.717, 1.165) is 62.9 Å². The molecule has 32 heavy (non-hydrogen) atoms. The first-order valence-electron chi connectivity index (χ1n) is 11.4. The quantitative estimate of drug-likeness (QED) is 0.419. The molecule has 2 aromatic heterocycles. The summed E-state index contributed by atoms with van der Waals surface area (Å²) in [6.07, 6.45) is 11.5. The average Bonchev–Trinajstić information content (AvgIpc) is 2.83. The Kier molecular flexibility index (Phi) is 7.03. The first-order valence-corrected chi connectivity index (χ1v) is 11.4. The molecule has 4 rings (SSSR count). The molecule has 1 unspecified atom stereocenters. The molecule has 1 aliphatic heterocycles. The first-order chi connectivity index (χ1) is 15.7. The first kappa shape index (κ1) is 21.8. The number of piperazine rings is 1. The summed E-state index contributed by atoms with van der Waals surface area (Å²) in [6, 6.07) is 11.2. The molecule has 0 spiro atoms. The summed E-state index contributed by atoms with van der Waals surface area (Å²) in [5.74, 6) is 3.23. The monoisotopic (exact) mass is 430 g/mol.